The Morgan fingerprint density at radius 2 is 1.91 bits per heavy atom. The Morgan fingerprint density at radius 1 is 1.27 bits per heavy atom. The summed E-state index contributed by atoms with van der Waals surface area (Å²) < 4.78 is 26.4. The lowest BCUT2D eigenvalue weighted by molar-refractivity contribution is -0.390. The van der Waals surface area contributed by atoms with Crippen LogP contribution >= 0.6 is 0 Å². The molecule has 0 spiro atoms. The van der Waals surface area contributed by atoms with Gasteiger partial charge in [0.1, 0.15) is 11.1 Å². The highest BCUT2D eigenvalue weighted by Gasteiger charge is 2.32. The number of nitro groups is 1. The van der Waals surface area contributed by atoms with Gasteiger partial charge >= 0.3 is 15.8 Å². The first-order valence-electron chi connectivity index (χ1n) is 6.71. The number of nitrogens with zero attached hydrogens (tertiary/aromatic N) is 3. The van der Waals surface area contributed by atoms with Gasteiger partial charge in [0, 0.05) is 6.92 Å². The molecule has 0 radical (unpaired) electrons. The highest BCUT2D eigenvalue weighted by molar-refractivity contribution is 7.90. The van der Waals surface area contributed by atoms with Gasteiger partial charge in [-0.05, 0) is 35.0 Å². The van der Waals surface area contributed by atoms with Crippen LogP contribution in [0.15, 0.2) is 29.3 Å². The summed E-state index contributed by atoms with van der Waals surface area (Å²) in [5, 5.41) is 11.1. The fourth-order valence-corrected chi connectivity index (χ4v) is 3.90. The number of aryl methyl sites for hydroxylation is 2. The quantitative estimate of drug-likeness (QED) is 0.637. The van der Waals surface area contributed by atoms with Gasteiger partial charge in [-0.2, -0.15) is 8.42 Å². The summed E-state index contributed by atoms with van der Waals surface area (Å²) in [7, 11) is -4.08. The van der Waals surface area contributed by atoms with E-state index in [9.17, 15) is 18.5 Å². The average molecular weight is 323 g/mol. The van der Waals surface area contributed by atoms with Crippen molar-refractivity contribution >= 4 is 15.8 Å². The molecule has 1 heterocycles. The van der Waals surface area contributed by atoms with E-state index >= 15 is 0 Å². The normalized spacial score (nSPS) is 11.9. The van der Waals surface area contributed by atoms with Crippen molar-refractivity contribution in [2.24, 2.45) is 0 Å². The molecular weight excluding hydrogens is 306 g/mol. The molecule has 0 saturated heterocycles. The monoisotopic (exact) mass is 323 g/mol. The second kappa shape index (κ2) is 5.53. The SMILES string of the molecule is Cc1ccc(C(C)C)cc1S(=O)(=O)n1c([N+](=O)[O-])cnc1C. The first kappa shape index (κ1) is 16.2. The van der Waals surface area contributed by atoms with E-state index in [2.05, 4.69) is 4.98 Å². The molecule has 0 amide bonds. The van der Waals surface area contributed by atoms with Crippen LogP contribution in [0.4, 0.5) is 5.82 Å². The van der Waals surface area contributed by atoms with Crippen molar-refractivity contribution in [1.29, 1.82) is 0 Å². The molecule has 0 aliphatic carbocycles. The molecule has 0 saturated carbocycles. The molecule has 0 bridgehead atoms. The number of hydrogen-bond donors (Lipinski definition) is 0. The highest BCUT2D eigenvalue weighted by Crippen LogP contribution is 2.27. The lowest BCUT2D eigenvalue weighted by Crippen LogP contribution is -2.18. The minimum atomic E-state index is -4.08. The van der Waals surface area contributed by atoms with E-state index in [-0.39, 0.29) is 16.6 Å². The van der Waals surface area contributed by atoms with Crippen LogP contribution in [0, 0.1) is 24.0 Å². The first-order valence-corrected chi connectivity index (χ1v) is 8.15. The standard InChI is InChI=1S/C14H17N3O4S/c1-9(2)12-6-5-10(3)13(7-12)22(20,21)16-11(4)15-8-14(16)17(18)19/h5-9H,1-4H3. The molecule has 2 rings (SSSR count). The first-order chi connectivity index (χ1) is 10.2. The second-order valence-electron chi connectivity index (χ2n) is 5.37. The molecule has 0 N–H and O–H groups in total. The molecule has 1 aromatic carbocycles. The zero-order valence-electron chi connectivity index (χ0n) is 12.8. The van der Waals surface area contributed by atoms with Crippen LogP contribution in [0.3, 0.4) is 0 Å². The Kier molecular flexibility index (Phi) is 4.06. The highest BCUT2D eigenvalue weighted by atomic mass is 32.2. The van der Waals surface area contributed by atoms with Crippen LogP contribution in [0.1, 0.15) is 36.7 Å². The zero-order valence-corrected chi connectivity index (χ0v) is 13.6. The third-order valence-electron chi connectivity index (χ3n) is 3.45. The molecule has 1 aromatic heterocycles. The molecule has 7 nitrogen and oxygen atoms in total. The molecule has 8 heteroatoms. The summed E-state index contributed by atoms with van der Waals surface area (Å²) in [5.41, 5.74) is 1.39. The summed E-state index contributed by atoms with van der Waals surface area (Å²) in [4.78, 5) is 14.1. The second-order valence-corrected chi connectivity index (χ2v) is 7.12. The molecule has 2 aromatic rings. The van der Waals surface area contributed by atoms with Crippen molar-refractivity contribution in [3.05, 3.63) is 51.5 Å². The van der Waals surface area contributed by atoms with Gasteiger partial charge in [0.15, 0.2) is 0 Å². The van der Waals surface area contributed by atoms with E-state index in [1.807, 2.05) is 19.9 Å². The van der Waals surface area contributed by atoms with Crippen molar-refractivity contribution < 1.29 is 13.3 Å². The van der Waals surface area contributed by atoms with Gasteiger partial charge in [-0.25, -0.2) is 4.98 Å². The summed E-state index contributed by atoms with van der Waals surface area (Å²) in [6.45, 7) is 6.99. The lowest BCUT2D eigenvalue weighted by Gasteiger charge is -2.11. The number of hydrogen-bond acceptors (Lipinski definition) is 5. The summed E-state index contributed by atoms with van der Waals surface area (Å²) in [6, 6.07) is 5.13. The van der Waals surface area contributed by atoms with Crippen molar-refractivity contribution in [1.82, 2.24) is 8.96 Å². The largest absolute Gasteiger partial charge is 0.358 e. The van der Waals surface area contributed by atoms with Gasteiger partial charge < -0.3 is 10.1 Å². The number of aromatic nitrogens is 2. The van der Waals surface area contributed by atoms with Crippen molar-refractivity contribution in [2.75, 3.05) is 0 Å². The van der Waals surface area contributed by atoms with Crippen molar-refractivity contribution in [2.45, 2.75) is 38.5 Å². The van der Waals surface area contributed by atoms with Crippen molar-refractivity contribution in [3.8, 4) is 0 Å². The predicted molar refractivity (Wildman–Crippen MR) is 81.5 cm³/mol. The van der Waals surface area contributed by atoms with E-state index < -0.39 is 20.8 Å². The van der Waals surface area contributed by atoms with Gasteiger partial charge in [-0.1, -0.05) is 30.0 Å². The Hall–Kier alpha value is -2.22. The molecule has 0 fully saturated rings. The van der Waals surface area contributed by atoms with Gasteiger partial charge in [0.05, 0.1) is 0 Å². The van der Waals surface area contributed by atoms with E-state index in [4.69, 9.17) is 0 Å². The van der Waals surface area contributed by atoms with Crippen LogP contribution in [-0.2, 0) is 10.0 Å². The van der Waals surface area contributed by atoms with Crippen LogP contribution in [0.2, 0.25) is 0 Å². The Labute approximate surface area is 128 Å². The van der Waals surface area contributed by atoms with Gasteiger partial charge in [-0.15, -0.1) is 0 Å². The van der Waals surface area contributed by atoms with E-state index in [1.54, 1.807) is 19.1 Å². The van der Waals surface area contributed by atoms with E-state index in [0.717, 1.165) is 11.8 Å². The molecular formula is C14H17N3O4S. The molecule has 0 aliphatic heterocycles. The Morgan fingerprint density at radius 3 is 2.45 bits per heavy atom. The average Bonchev–Trinajstić information content (AvgIpc) is 2.81. The van der Waals surface area contributed by atoms with E-state index in [1.165, 1.54) is 6.92 Å². The summed E-state index contributed by atoms with van der Waals surface area (Å²) >= 11 is 0. The fourth-order valence-electron chi connectivity index (χ4n) is 2.19. The molecule has 0 aliphatic rings. The Balaban J connectivity index is 2.74. The number of benzene rings is 1. The lowest BCUT2D eigenvalue weighted by atomic mass is 10.0. The minimum absolute atomic E-state index is 0.0565. The third kappa shape index (κ3) is 2.61. The van der Waals surface area contributed by atoms with E-state index in [0.29, 0.717) is 9.54 Å². The predicted octanol–water partition coefficient (Wildman–Crippen LogP) is 2.77. The van der Waals surface area contributed by atoms with Crippen LogP contribution < -0.4 is 0 Å². The maximum Gasteiger partial charge on any atom is 0.358 e. The topological polar surface area (TPSA) is 95.1 Å². The van der Waals surface area contributed by atoms with Crippen molar-refractivity contribution in [3.63, 3.8) is 0 Å². The van der Waals surface area contributed by atoms with Gasteiger partial charge in [0.2, 0.25) is 5.82 Å². The Bertz CT molecular complexity index is 838. The maximum absolute atomic E-state index is 12.9. The van der Waals surface area contributed by atoms with Gasteiger partial charge in [0.25, 0.3) is 0 Å². The third-order valence-corrected chi connectivity index (χ3v) is 5.38. The van der Waals surface area contributed by atoms with Crippen LogP contribution in [-0.4, -0.2) is 22.3 Å². The zero-order chi connectivity index (χ0) is 16.7. The van der Waals surface area contributed by atoms with Crippen LogP contribution in [0.25, 0.3) is 0 Å². The fraction of sp³-hybridized carbons (Fsp3) is 0.357. The number of imidazole rings is 1. The molecule has 22 heavy (non-hydrogen) atoms. The molecule has 118 valence electrons. The summed E-state index contributed by atoms with van der Waals surface area (Å²) in [6.07, 6.45) is 0.953. The summed E-state index contributed by atoms with van der Waals surface area (Å²) in [5.74, 6) is -0.360. The minimum Gasteiger partial charge on any atom is -0.358 e. The molecule has 0 atom stereocenters. The maximum atomic E-state index is 12.9. The molecule has 0 unspecified atom stereocenters. The number of rotatable bonds is 4. The smallest absolute Gasteiger partial charge is 0.358 e. The van der Waals surface area contributed by atoms with Crippen LogP contribution in [0.5, 0.6) is 0 Å². The van der Waals surface area contributed by atoms with Gasteiger partial charge in [-0.3, -0.25) is 0 Å².